The fourth-order valence-corrected chi connectivity index (χ4v) is 2.11. The summed E-state index contributed by atoms with van der Waals surface area (Å²) >= 11 is 4.64. The molecule has 0 amide bonds. The number of nitrogens with zero attached hydrogens (tertiary/aromatic N) is 1. The van der Waals surface area contributed by atoms with Gasteiger partial charge in [0.2, 0.25) is 0 Å². The normalized spacial score (nSPS) is 10.5. The number of rotatable bonds is 2. The predicted molar refractivity (Wildman–Crippen MR) is 61.0 cm³/mol. The maximum absolute atomic E-state index is 12.7. The van der Waals surface area contributed by atoms with Gasteiger partial charge < -0.3 is 4.74 Å². The number of aromatic nitrogens is 1. The molecule has 7 heteroatoms. The number of pyridine rings is 1. The van der Waals surface area contributed by atoms with Crippen molar-refractivity contribution in [3.8, 4) is 0 Å². The van der Waals surface area contributed by atoms with E-state index in [1.165, 1.54) is 6.20 Å². The van der Waals surface area contributed by atoms with Crippen molar-refractivity contribution in [3.63, 3.8) is 0 Å². The van der Waals surface area contributed by atoms with Gasteiger partial charge in [-0.1, -0.05) is 0 Å². The lowest BCUT2D eigenvalue weighted by atomic mass is 10.1. The van der Waals surface area contributed by atoms with Crippen molar-refractivity contribution < 1.29 is 18.3 Å². The van der Waals surface area contributed by atoms with Gasteiger partial charge in [-0.05, 0) is 38.5 Å². The highest BCUT2D eigenvalue weighted by molar-refractivity contribution is 14.1. The van der Waals surface area contributed by atoms with Gasteiger partial charge in [0.1, 0.15) is 10.2 Å². The minimum absolute atomic E-state index is 0.0602. The van der Waals surface area contributed by atoms with Crippen molar-refractivity contribution in [1.29, 1.82) is 0 Å². The van der Waals surface area contributed by atoms with E-state index < -0.39 is 12.4 Å². The van der Waals surface area contributed by atoms with Gasteiger partial charge in [0, 0.05) is 15.3 Å². The molecule has 1 aromatic heterocycles. The molecule has 1 rings (SSSR count). The third-order valence-corrected chi connectivity index (χ3v) is 3.09. The second kappa shape index (κ2) is 5.15. The van der Waals surface area contributed by atoms with Gasteiger partial charge in [0.15, 0.2) is 0 Å². The highest BCUT2D eigenvalue weighted by Gasteiger charge is 2.25. The van der Waals surface area contributed by atoms with Gasteiger partial charge in [-0.3, -0.25) is 0 Å². The number of halogens is 4. The molecule has 82 valence electrons. The summed E-state index contributed by atoms with van der Waals surface area (Å²) in [6, 6.07) is 0. The average molecular weight is 392 g/mol. The minimum atomic E-state index is -2.75. The van der Waals surface area contributed by atoms with E-state index in [9.17, 15) is 13.6 Å². The van der Waals surface area contributed by atoms with E-state index in [1.54, 1.807) is 22.6 Å². The molecule has 0 atom stereocenters. The molecular formula is C8H5BrF2INO2. The Morgan fingerprint density at radius 1 is 1.67 bits per heavy atom. The van der Waals surface area contributed by atoms with Crippen LogP contribution in [0.4, 0.5) is 8.78 Å². The lowest BCUT2D eigenvalue weighted by Crippen LogP contribution is -2.10. The zero-order valence-corrected chi connectivity index (χ0v) is 11.2. The number of hydrogen-bond acceptors (Lipinski definition) is 3. The van der Waals surface area contributed by atoms with E-state index in [-0.39, 0.29) is 19.3 Å². The lowest BCUT2D eigenvalue weighted by molar-refractivity contribution is 0.0587. The predicted octanol–water partition coefficient (Wildman–Crippen LogP) is 3.17. The van der Waals surface area contributed by atoms with E-state index in [1.807, 2.05) is 0 Å². The molecule has 0 unspecified atom stereocenters. The summed E-state index contributed by atoms with van der Waals surface area (Å²) in [5, 5.41) is 0. The first kappa shape index (κ1) is 12.8. The largest absolute Gasteiger partial charge is 0.465 e. The summed E-state index contributed by atoms with van der Waals surface area (Å²) in [5.74, 6) is -0.830. The van der Waals surface area contributed by atoms with Gasteiger partial charge in [0.25, 0.3) is 6.43 Å². The lowest BCUT2D eigenvalue weighted by Gasteiger charge is -2.10. The molecule has 0 bridgehead atoms. The second-order valence-electron chi connectivity index (χ2n) is 2.48. The van der Waals surface area contributed by atoms with Crippen LogP contribution in [0, 0.1) is 3.57 Å². The quantitative estimate of drug-likeness (QED) is 0.441. The van der Waals surface area contributed by atoms with Crippen molar-refractivity contribution in [2.75, 3.05) is 7.11 Å². The number of carbonyl (C=O) groups excluding carboxylic acids is 1. The maximum Gasteiger partial charge on any atom is 0.341 e. The first-order valence-electron chi connectivity index (χ1n) is 3.69. The van der Waals surface area contributed by atoms with Gasteiger partial charge >= 0.3 is 5.97 Å². The Hall–Kier alpha value is -0.310. The van der Waals surface area contributed by atoms with Crippen LogP contribution in [0.2, 0.25) is 0 Å². The monoisotopic (exact) mass is 391 g/mol. The van der Waals surface area contributed by atoms with Crippen LogP contribution in [-0.2, 0) is 4.74 Å². The molecular weight excluding hydrogens is 387 g/mol. The van der Waals surface area contributed by atoms with Crippen LogP contribution in [0.15, 0.2) is 10.8 Å². The molecule has 0 fully saturated rings. The van der Waals surface area contributed by atoms with Crippen LogP contribution in [0.3, 0.4) is 0 Å². The molecule has 1 aromatic rings. The number of alkyl halides is 2. The van der Waals surface area contributed by atoms with Crippen molar-refractivity contribution in [2.24, 2.45) is 0 Å². The molecule has 0 saturated carbocycles. The Morgan fingerprint density at radius 3 is 2.73 bits per heavy atom. The first-order chi connectivity index (χ1) is 6.99. The summed E-state index contributed by atoms with van der Waals surface area (Å²) in [5.41, 5.74) is -0.580. The Balaban J connectivity index is 3.45. The van der Waals surface area contributed by atoms with Crippen LogP contribution < -0.4 is 0 Å². The van der Waals surface area contributed by atoms with Crippen LogP contribution in [-0.4, -0.2) is 18.1 Å². The Bertz CT molecular complexity index is 400. The highest BCUT2D eigenvalue weighted by atomic mass is 127. The third kappa shape index (κ3) is 2.63. The van der Waals surface area contributed by atoms with Gasteiger partial charge in [-0.2, -0.15) is 0 Å². The third-order valence-electron chi connectivity index (χ3n) is 1.63. The number of methoxy groups -OCH3 is 1. The summed E-state index contributed by atoms with van der Waals surface area (Å²) in [7, 11) is 1.13. The fraction of sp³-hybridized carbons (Fsp3) is 0.250. The number of hydrogen-bond donors (Lipinski definition) is 0. The Kier molecular flexibility index (Phi) is 4.38. The summed E-state index contributed by atoms with van der Waals surface area (Å²) in [4.78, 5) is 15.0. The molecule has 0 N–H and O–H groups in total. The number of carbonyl (C=O) groups is 1. The fourth-order valence-electron chi connectivity index (χ4n) is 0.988. The van der Waals surface area contributed by atoms with Crippen molar-refractivity contribution in [1.82, 2.24) is 4.98 Å². The number of esters is 1. The standard InChI is InChI=1S/C8H5BrF2INO2/c1-15-8(14)5-4(7(10)11)3(12)2-13-6(5)9/h2,7H,1H3. The average Bonchev–Trinajstić information content (AvgIpc) is 2.19. The van der Waals surface area contributed by atoms with E-state index in [0.717, 1.165) is 7.11 Å². The molecule has 3 nitrogen and oxygen atoms in total. The van der Waals surface area contributed by atoms with Crippen molar-refractivity contribution in [3.05, 3.63) is 25.5 Å². The number of ether oxygens (including phenoxy) is 1. The van der Waals surface area contributed by atoms with Crippen LogP contribution in [0.5, 0.6) is 0 Å². The first-order valence-corrected chi connectivity index (χ1v) is 5.56. The highest BCUT2D eigenvalue weighted by Crippen LogP contribution is 2.31. The Labute approximate surface area is 106 Å². The van der Waals surface area contributed by atoms with Crippen LogP contribution in [0.1, 0.15) is 22.3 Å². The zero-order chi connectivity index (χ0) is 11.6. The SMILES string of the molecule is COC(=O)c1c(Br)ncc(I)c1C(F)F. The van der Waals surface area contributed by atoms with E-state index in [4.69, 9.17) is 0 Å². The van der Waals surface area contributed by atoms with E-state index in [2.05, 4.69) is 25.7 Å². The zero-order valence-electron chi connectivity index (χ0n) is 7.43. The second-order valence-corrected chi connectivity index (χ2v) is 4.39. The molecule has 0 spiro atoms. The summed E-state index contributed by atoms with van der Waals surface area (Å²) < 4.78 is 30.1. The van der Waals surface area contributed by atoms with Crippen molar-refractivity contribution in [2.45, 2.75) is 6.43 Å². The van der Waals surface area contributed by atoms with Gasteiger partial charge in [0.05, 0.1) is 7.11 Å². The molecule has 0 aliphatic carbocycles. The Morgan fingerprint density at radius 2 is 2.27 bits per heavy atom. The molecule has 0 aromatic carbocycles. The van der Waals surface area contributed by atoms with Gasteiger partial charge in [-0.15, -0.1) is 0 Å². The van der Waals surface area contributed by atoms with Gasteiger partial charge in [-0.25, -0.2) is 18.6 Å². The molecule has 1 heterocycles. The van der Waals surface area contributed by atoms with E-state index in [0.29, 0.717) is 0 Å². The molecule has 15 heavy (non-hydrogen) atoms. The molecule has 0 saturated heterocycles. The molecule has 0 aliphatic rings. The molecule has 0 radical (unpaired) electrons. The molecule has 0 aliphatic heterocycles. The summed E-state index contributed by atoms with van der Waals surface area (Å²) in [6.07, 6.45) is -1.48. The minimum Gasteiger partial charge on any atom is -0.465 e. The smallest absolute Gasteiger partial charge is 0.341 e. The van der Waals surface area contributed by atoms with E-state index >= 15 is 0 Å². The van der Waals surface area contributed by atoms with Crippen LogP contribution in [0.25, 0.3) is 0 Å². The summed E-state index contributed by atoms with van der Waals surface area (Å²) in [6.45, 7) is 0. The van der Waals surface area contributed by atoms with Crippen LogP contribution >= 0.6 is 38.5 Å². The maximum atomic E-state index is 12.7. The van der Waals surface area contributed by atoms with Crippen molar-refractivity contribution >= 4 is 44.5 Å². The topological polar surface area (TPSA) is 39.2 Å².